The lowest BCUT2D eigenvalue weighted by atomic mass is 9.98. The average Bonchev–Trinajstić information content (AvgIpc) is 2.97. The maximum atomic E-state index is 4.78. The smallest absolute Gasteiger partial charge is 0.287 e. The Labute approximate surface area is 144 Å². The number of aromatic nitrogens is 3. The molecule has 0 spiro atoms. The molecular weight excluding hydrogens is 306 g/mol. The first-order chi connectivity index (χ1) is 12.3. The number of hydrogen-bond donors (Lipinski definition) is 0. The summed E-state index contributed by atoms with van der Waals surface area (Å²) in [5.41, 5.74) is 7.32. The summed E-state index contributed by atoms with van der Waals surface area (Å²) in [4.78, 5) is 4.78. The summed E-state index contributed by atoms with van der Waals surface area (Å²) in [7, 11) is 2.09. The zero-order valence-corrected chi connectivity index (χ0v) is 14.1. The van der Waals surface area contributed by atoms with Crippen molar-refractivity contribution in [2.45, 2.75) is 6.92 Å². The summed E-state index contributed by atoms with van der Waals surface area (Å²) in [6.45, 7) is 2.20. The van der Waals surface area contributed by atoms with E-state index in [1.54, 1.807) is 0 Å². The van der Waals surface area contributed by atoms with Crippen molar-refractivity contribution in [3.63, 3.8) is 0 Å². The molecule has 0 aliphatic heterocycles. The van der Waals surface area contributed by atoms with Crippen LogP contribution in [-0.4, -0.2) is 9.38 Å². The summed E-state index contributed by atoms with van der Waals surface area (Å²) in [5, 5.41) is 5.16. The molecule has 0 saturated heterocycles. The van der Waals surface area contributed by atoms with Crippen LogP contribution in [0, 0.1) is 6.92 Å². The molecule has 0 unspecified atom stereocenters. The van der Waals surface area contributed by atoms with Gasteiger partial charge in [0.2, 0.25) is 5.52 Å². The fourth-order valence-electron chi connectivity index (χ4n) is 4.44. The van der Waals surface area contributed by atoms with Gasteiger partial charge < -0.3 is 4.40 Å². The Kier molecular flexibility index (Phi) is 2.23. The molecule has 3 aromatic heterocycles. The van der Waals surface area contributed by atoms with Crippen LogP contribution >= 0.6 is 0 Å². The van der Waals surface area contributed by atoms with Crippen molar-refractivity contribution in [1.82, 2.24) is 9.38 Å². The van der Waals surface area contributed by atoms with Crippen molar-refractivity contribution in [3.05, 3.63) is 66.5 Å². The van der Waals surface area contributed by atoms with Crippen molar-refractivity contribution in [1.29, 1.82) is 0 Å². The number of fused-ring (bicyclic) bond motifs is 5. The highest BCUT2D eigenvalue weighted by atomic mass is 15.0. The van der Waals surface area contributed by atoms with Crippen LogP contribution in [0.15, 0.2) is 60.9 Å². The molecule has 3 nitrogen and oxygen atoms in total. The lowest BCUT2D eigenvalue weighted by molar-refractivity contribution is -0.647. The molecule has 3 heteroatoms. The summed E-state index contributed by atoms with van der Waals surface area (Å²) in [6.07, 6.45) is 1.95. The van der Waals surface area contributed by atoms with E-state index in [4.69, 9.17) is 4.98 Å². The monoisotopic (exact) mass is 322 g/mol. The van der Waals surface area contributed by atoms with Gasteiger partial charge in [-0.1, -0.05) is 36.4 Å². The molecule has 6 rings (SSSR count). The average molecular weight is 322 g/mol. The summed E-state index contributed by atoms with van der Waals surface area (Å²) < 4.78 is 4.55. The molecule has 0 N–H and O–H groups in total. The molecular formula is C22H16N3+. The second-order valence-corrected chi connectivity index (χ2v) is 6.89. The largest absolute Gasteiger partial charge is 0.302 e. The van der Waals surface area contributed by atoms with Gasteiger partial charge in [0.15, 0.2) is 5.52 Å². The Hall–Kier alpha value is -3.20. The van der Waals surface area contributed by atoms with Gasteiger partial charge in [-0.3, -0.25) is 0 Å². The third-order valence-electron chi connectivity index (χ3n) is 5.49. The van der Waals surface area contributed by atoms with Crippen LogP contribution < -0.4 is 4.57 Å². The second-order valence-electron chi connectivity index (χ2n) is 6.89. The maximum absolute atomic E-state index is 4.78. The van der Waals surface area contributed by atoms with E-state index in [0.717, 1.165) is 5.52 Å². The quantitative estimate of drug-likeness (QED) is 0.229. The molecule has 3 heterocycles. The van der Waals surface area contributed by atoms with Crippen molar-refractivity contribution in [2.75, 3.05) is 0 Å². The minimum atomic E-state index is 1.08. The fourth-order valence-corrected chi connectivity index (χ4v) is 4.44. The van der Waals surface area contributed by atoms with E-state index in [2.05, 4.69) is 77.5 Å². The van der Waals surface area contributed by atoms with Gasteiger partial charge in [-0.15, -0.1) is 0 Å². The van der Waals surface area contributed by atoms with E-state index in [-0.39, 0.29) is 0 Å². The second kappa shape index (κ2) is 4.25. The van der Waals surface area contributed by atoms with Crippen LogP contribution in [0.25, 0.3) is 49.1 Å². The Morgan fingerprint density at radius 1 is 0.880 bits per heavy atom. The van der Waals surface area contributed by atoms with Crippen molar-refractivity contribution >= 4 is 49.1 Å². The predicted octanol–water partition coefficient (Wildman–Crippen LogP) is 4.52. The van der Waals surface area contributed by atoms with E-state index >= 15 is 0 Å². The zero-order valence-electron chi connectivity index (χ0n) is 14.1. The topological polar surface area (TPSA) is 21.2 Å². The zero-order chi connectivity index (χ0) is 16.7. The molecule has 0 bridgehead atoms. The molecule has 25 heavy (non-hydrogen) atoms. The molecule has 3 aromatic carbocycles. The lowest BCUT2D eigenvalue weighted by Gasteiger charge is -2.13. The van der Waals surface area contributed by atoms with Gasteiger partial charge in [-0.05, 0) is 41.1 Å². The van der Waals surface area contributed by atoms with E-state index in [0.29, 0.717) is 0 Å². The minimum Gasteiger partial charge on any atom is -0.302 e. The molecule has 0 aliphatic rings. The molecule has 0 aliphatic carbocycles. The van der Waals surface area contributed by atoms with Crippen molar-refractivity contribution < 1.29 is 4.57 Å². The van der Waals surface area contributed by atoms with E-state index in [1.807, 2.05) is 6.33 Å². The SMILES string of the molecule is Cc1ccc2cccc3c2c1c1c2c(nc[n+]1C)c1ccccc1n32. The first kappa shape index (κ1) is 13.1. The number of hydrogen-bond acceptors (Lipinski definition) is 1. The number of para-hydroxylation sites is 1. The van der Waals surface area contributed by atoms with Gasteiger partial charge in [-0.25, -0.2) is 4.57 Å². The van der Waals surface area contributed by atoms with Crippen LogP contribution in [0.1, 0.15) is 5.56 Å². The van der Waals surface area contributed by atoms with Crippen LogP contribution in [0.5, 0.6) is 0 Å². The number of nitrogens with zero attached hydrogens (tertiary/aromatic N) is 3. The summed E-state index contributed by atoms with van der Waals surface area (Å²) >= 11 is 0. The molecule has 0 amide bonds. The highest BCUT2D eigenvalue weighted by Crippen LogP contribution is 2.39. The Balaban J connectivity index is 2.18. The first-order valence-corrected chi connectivity index (χ1v) is 8.56. The molecule has 118 valence electrons. The molecule has 0 atom stereocenters. The molecule has 0 saturated carbocycles. The van der Waals surface area contributed by atoms with Gasteiger partial charge in [0.05, 0.1) is 23.5 Å². The fraction of sp³-hybridized carbons (Fsp3) is 0.0909. The third kappa shape index (κ3) is 1.43. The van der Waals surface area contributed by atoms with Crippen molar-refractivity contribution in [2.24, 2.45) is 7.05 Å². The van der Waals surface area contributed by atoms with Crippen LogP contribution in [-0.2, 0) is 7.05 Å². The number of rotatable bonds is 0. The number of aryl methyl sites for hydroxylation is 2. The first-order valence-electron chi connectivity index (χ1n) is 8.56. The predicted molar refractivity (Wildman–Crippen MR) is 102 cm³/mol. The van der Waals surface area contributed by atoms with Gasteiger partial charge in [-0.2, -0.15) is 0 Å². The van der Waals surface area contributed by atoms with Crippen LogP contribution in [0.3, 0.4) is 0 Å². The van der Waals surface area contributed by atoms with Gasteiger partial charge in [0.1, 0.15) is 5.52 Å². The van der Waals surface area contributed by atoms with Crippen LogP contribution in [0.2, 0.25) is 0 Å². The molecule has 6 aromatic rings. The highest BCUT2D eigenvalue weighted by molar-refractivity contribution is 6.24. The lowest BCUT2D eigenvalue weighted by Crippen LogP contribution is -2.30. The minimum absolute atomic E-state index is 1.08. The number of pyridine rings is 1. The maximum Gasteiger partial charge on any atom is 0.287 e. The van der Waals surface area contributed by atoms with E-state index in [1.165, 1.54) is 49.2 Å². The van der Waals surface area contributed by atoms with Gasteiger partial charge in [0, 0.05) is 10.8 Å². The Morgan fingerprint density at radius 3 is 2.64 bits per heavy atom. The van der Waals surface area contributed by atoms with E-state index < -0.39 is 0 Å². The molecule has 0 radical (unpaired) electrons. The third-order valence-corrected chi connectivity index (χ3v) is 5.49. The van der Waals surface area contributed by atoms with Crippen molar-refractivity contribution in [3.8, 4) is 0 Å². The van der Waals surface area contributed by atoms with Gasteiger partial charge in [0.25, 0.3) is 6.33 Å². The standard InChI is InChI=1S/C22H16N3/c1-13-10-11-14-6-5-9-17-19(14)18(13)21-22-20(23-12-24(21)2)15-7-3-4-8-16(15)25(17)22/h3-12H,1-2H3/q+1. The normalized spacial score (nSPS) is 12.4. The van der Waals surface area contributed by atoms with E-state index in [9.17, 15) is 0 Å². The summed E-state index contributed by atoms with van der Waals surface area (Å²) in [6, 6.07) is 19.6. The number of benzene rings is 3. The Bertz CT molecular complexity index is 1460. The van der Waals surface area contributed by atoms with Crippen LogP contribution in [0.4, 0.5) is 0 Å². The summed E-state index contributed by atoms with van der Waals surface area (Å²) in [5.74, 6) is 0. The molecule has 0 fully saturated rings. The highest BCUT2D eigenvalue weighted by Gasteiger charge is 2.24. The van der Waals surface area contributed by atoms with Gasteiger partial charge >= 0.3 is 0 Å². The Morgan fingerprint density at radius 2 is 1.72 bits per heavy atom.